The van der Waals surface area contributed by atoms with Crippen molar-refractivity contribution in [1.82, 2.24) is 0 Å². The number of hydrogen-bond donors (Lipinski definition) is 3. The van der Waals surface area contributed by atoms with Crippen molar-refractivity contribution in [3.63, 3.8) is 0 Å². The predicted octanol–water partition coefficient (Wildman–Crippen LogP) is -0.892. The van der Waals surface area contributed by atoms with E-state index in [0.29, 0.717) is 0 Å². The van der Waals surface area contributed by atoms with Crippen molar-refractivity contribution in [1.29, 1.82) is 0 Å². The summed E-state index contributed by atoms with van der Waals surface area (Å²) in [6, 6.07) is 9.30. The number of quaternary nitrogens is 1. The van der Waals surface area contributed by atoms with Crippen LogP contribution in [0.3, 0.4) is 0 Å². The van der Waals surface area contributed by atoms with Crippen LogP contribution in [0.4, 0.5) is 0 Å². The van der Waals surface area contributed by atoms with Gasteiger partial charge >= 0.3 is 0 Å². The van der Waals surface area contributed by atoms with Gasteiger partial charge in [-0.25, -0.2) is 0 Å². The second-order valence-corrected chi connectivity index (χ2v) is 2.96. The Bertz CT molecular complexity index is 232. The van der Waals surface area contributed by atoms with E-state index in [-0.39, 0.29) is 13.2 Å². The molecular formula is C9H14NO2+. The maximum Gasteiger partial charge on any atom is 0.167 e. The van der Waals surface area contributed by atoms with E-state index in [9.17, 15) is 0 Å². The minimum Gasteiger partial charge on any atom is -0.389 e. The lowest BCUT2D eigenvalue weighted by molar-refractivity contribution is -0.499. The summed E-state index contributed by atoms with van der Waals surface area (Å²) in [5.41, 5.74) is 3.87. The zero-order chi connectivity index (χ0) is 9.03. The summed E-state index contributed by atoms with van der Waals surface area (Å²) in [5.74, 6) is 0. The summed E-state index contributed by atoms with van der Waals surface area (Å²) in [6.07, 6.45) is 0. The van der Waals surface area contributed by atoms with Crippen LogP contribution in [0, 0.1) is 0 Å². The summed E-state index contributed by atoms with van der Waals surface area (Å²) in [7, 11) is 0. The Balaban J connectivity index is 2.95. The first-order chi connectivity index (χ1) is 5.73. The Morgan fingerprint density at radius 1 is 1.08 bits per heavy atom. The molecule has 1 rings (SSSR count). The zero-order valence-corrected chi connectivity index (χ0v) is 6.90. The molecule has 1 aromatic rings. The SMILES string of the molecule is [NH3+]C(CO)(CO)c1ccccc1. The van der Waals surface area contributed by atoms with Crippen LogP contribution in [0.5, 0.6) is 0 Å². The van der Waals surface area contributed by atoms with Crippen molar-refractivity contribution >= 4 is 0 Å². The number of aliphatic hydroxyl groups excluding tert-OH is 2. The molecule has 0 aliphatic rings. The van der Waals surface area contributed by atoms with Crippen LogP contribution in [0.15, 0.2) is 30.3 Å². The lowest BCUT2D eigenvalue weighted by Gasteiger charge is -2.20. The minimum absolute atomic E-state index is 0.145. The fraction of sp³-hybridized carbons (Fsp3) is 0.333. The molecule has 0 saturated heterocycles. The van der Waals surface area contributed by atoms with Crippen molar-refractivity contribution in [3.8, 4) is 0 Å². The third kappa shape index (κ3) is 1.64. The van der Waals surface area contributed by atoms with E-state index in [1.165, 1.54) is 0 Å². The summed E-state index contributed by atoms with van der Waals surface area (Å²) in [6.45, 7) is -0.291. The highest BCUT2D eigenvalue weighted by Gasteiger charge is 2.29. The molecule has 0 saturated carbocycles. The Kier molecular flexibility index (Phi) is 2.81. The fourth-order valence-corrected chi connectivity index (χ4v) is 1.02. The zero-order valence-electron chi connectivity index (χ0n) is 6.90. The molecule has 0 amide bonds. The maximum absolute atomic E-state index is 9.02. The topological polar surface area (TPSA) is 68.1 Å². The quantitative estimate of drug-likeness (QED) is 0.548. The van der Waals surface area contributed by atoms with Crippen LogP contribution in [0.1, 0.15) is 5.56 Å². The average Bonchev–Trinajstić information content (AvgIpc) is 2.18. The van der Waals surface area contributed by atoms with Gasteiger partial charge in [-0.2, -0.15) is 0 Å². The lowest BCUT2D eigenvalue weighted by Crippen LogP contribution is -2.73. The smallest absolute Gasteiger partial charge is 0.167 e. The Labute approximate surface area is 71.5 Å². The molecule has 1 aromatic carbocycles. The minimum atomic E-state index is -0.763. The van der Waals surface area contributed by atoms with Crippen LogP contribution >= 0.6 is 0 Å². The molecule has 0 bridgehead atoms. The number of rotatable bonds is 3. The van der Waals surface area contributed by atoms with Gasteiger partial charge in [0.15, 0.2) is 5.54 Å². The molecule has 0 atom stereocenters. The summed E-state index contributed by atoms with van der Waals surface area (Å²) in [5, 5.41) is 18.0. The van der Waals surface area contributed by atoms with E-state index < -0.39 is 5.54 Å². The van der Waals surface area contributed by atoms with Crippen LogP contribution < -0.4 is 5.73 Å². The van der Waals surface area contributed by atoms with E-state index in [1.54, 1.807) is 0 Å². The highest BCUT2D eigenvalue weighted by atomic mass is 16.3. The lowest BCUT2D eigenvalue weighted by atomic mass is 9.93. The second-order valence-electron chi connectivity index (χ2n) is 2.96. The van der Waals surface area contributed by atoms with Gasteiger partial charge in [0.05, 0.1) is 0 Å². The van der Waals surface area contributed by atoms with E-state index in [2.05, 4.69) is 5.73 Å². The monoisotopic (exact) mass is 168 g/mol. The van der Waals surface area contributed by atoms with Crippen LogP contribution in [0.25, 0.3) is 0 Å². The predicted molar refractivity (Wildman–Crippen MR) is 45.2 cm³/mol. The van der Waals surface area contributed by atoms with Gasteiger partial charge in [0.25, 0.3) is 0 Å². The van der Waals surface area contributed by atoms with Gasteiger partial charge < -0.3 is 15.9 Å². The van der Waals surface area contributed by atoms with Crippen molar-refractivity contribution < 1.29 is 15.9 Å². The molecule has 0 aliphatic heterocycles. The van der Waals surface area contributed by atoms with Gasteiger partial charge in [-0.05, 0) is 0 Å². The first-order valence-electron chi connectivity index (χ1n) is 3.85. The number of benzene rings is 1. The van der Waals surface area contributed by atoms with E-state index >= 15 is 0 Å². The van der Waals surface area contributed by atoms with Crippen LogP contribution in [0.2, 0.25) is 0 Å². The molecule has 12 heavy (non-hydrogen) atoms. The fourth-order valence-electron chi connectivity index (χ4n) is 1.02. The van der Waals surface area contributed by atoms with Crippen molar-refractivity contribution in [2.75, 3.05) is 13.2 Å². The highest BCUT2D eigenvalue weighted by Crippen LogP contribution is 2.13. The van der Waals surface area contributed by atoms with Gasteiger partial charge in [-0.1, -0.05) is 30.3 Å². The van der Waals surface area contributed by atoms with Crippen molar-refractivity contribution in [2.45, 2.75) is 5.54 Å². The molecule has 5 N–H and O–H groups in total. The van der Waals surface area contributed by atoms with Crippen molar-refractivity contribution in [2.24, 2.45) is 0 Å². The molecule has 0 aliphatic carbocycles. The Morgan fingerprint density at radius 3 is 2.00 bits per heavy atom. The molecule has 0 radical (unpaired) electrons. The normalized spacial score (nSPS) is 11.6. The highest BCUT2D eigenvalue weighted by molar-refractivity contribution is 5.21. The molecule has 66 valence electrons. The molecule has 0 fully saturated rings. The molecule has 0 spiro atoms. The van der Waals surface area contributed by atoms with E-state index in [4.69, 9.17) is 10.2 Å². The summed E-state index contributed by atoms with van der Waals surface area (Å²) in [4.78, 5) is 0. The molecule has 0 aromatic heterocycles. The second kappa shape index (κ2) is 3.67. The summed E-state index contributed by atoms with van der Waals surface area (Å²) < 4.78 is 0. The average molecular weight is 168 g/mol. The Morgan fingerprint density at radius 2 is 1.58 bits per heavy atom. The van der Waals surface area contributed by atoms with E-state index in [1.807, 2.05) is 30.3 Å². The van der Waals surface area contributed by atoms with E-state index in [0.717, 1.165) is 5.56 Å². The van der Waals surface area contributed by atoms with Gasteiger partial charge in [0.2, 0.25) is 0 Å². The van der Waals surface area contributed by atoms with Gasteiger partial charge in [-0.3, -0.25) is 0 Å². The van der Waals surface area contributed by atoms with Gasteiger partial charge in [0.1, 0.15) is 13.2 Å². The standard InChI is InChI=1S/C9H13NO2/c10-9(6-11,7-12)8-4-2-1-3-5-8/h1-5,11-12H,6-7,10H2/p+1. The van der Waals surface area contributed by atoms with Gasteiger partial charge in [-0.15, -0.1) is 0 Å². The largest absolute Gasteiger partial charge is 0.389 e. The first kappa shape index (κ1) is 9.19. The van der Waals surface area contributed by atoms with Crippen molar-refractivity contribution in [3.05, 3.63) is 35.9 Å². The van der Waals surface area contributed by atoms with Crippen LogP contribution in [-0.4, -0.2) is 23.4 Å². The number of hydrogen-bond acceptors (Lipinski definition) is 2. The Hall–Kier alpha value is -0.900. The molecule has 3 heteroatoms. The van der Waals surface area contributed by atoms with Crippen LogP contribution in [-0.2, 0) is 5.54 Å². The molecular weight excluding hydrogens is 154 g/mol. The summed E-state index contributed by atoms with van der Waals surface area (Å²) >= 11 is 0. The number of aliphatic hydroxyl groups is 2. The molecule has 3 nitrogen and oxygen atoms in total. The maximum atomic E-state index is 9.02. The molecule has 0 heterocycles. The first-order valence-corrected chi connectivity index (χ1v) is 3.85. The van der Waals surface area contributed by atoms with Gasteiger partial charge in [0, 0.05) is 5.56 Å². The third-order valence-electron chi connectivity index (χ3n) is 1.99. The molecule has 0 unspecified atom stereocenters. The third-order valence-corrected chi connectivity index (χ3v) is 1.99.